The van der Waals surface area contributed by atoms with Gasteiger partial charge in [0, 0.05) is 29.9 Å². The van der Waals surface area contributed by atoms with Gasteiger partial charge >= 0.3 is 5.97 Å². The van der Waals surface area contributed by atoms with E-state index in [1.165, 1.54) is 19.1 Å². The average Bonchev–Trinajstić information content (AvgIpc) is 3.37. The van der Waals surface area contributed by atoms with Gasteiger partial charge in [-0.15, -0.1) is 0 Å². The molecule has 2 aromatic carbocycles. The number of H-pyrrole nitrogens is 1. The number of phenols is 1. The van der Waals surface area contributed by atoms with Crippen LogP contribution in [-0.2, 0) is 32.0 Å². The molecule has 0 bridgehead atoms. The van der Waals surface area contributed by atoms with Gasteiger partial charge in [0.15, 0.2) is 0 Å². The number of para-hydroxylation sites is 1. The lowest BCUT2D eigenvalue weighted by Crippen LogP contribution is -2.60. The summed E-state index contributed by atoms with van der Waals surface area (Å²) in [6.45, 7) is 4.97. The largest absolute Gasteiger partial charge is 0.508 e. The van der Waals surface area contributed by atoms with Crippen LogP contribution in [0, 0.1) is 5.92 Å². The minimum atomic E-state index is -1.52. The van der Waals surface area contributed by atoms with E-state index in [0.29, 0.717) is 17.5 Å². The Hall–Kier alpha value is -4.42. The number of aromatic hydroxyl groups is 1. The molecule has 42 heavy (non-hydrogen) atoms. The van der Waals surface area contributed by atoms with Crippen LogP contribution in [0.4, 0.5) is 0 Å². The number of carbonyl (C=O) groups excluding carboxylic acids is 3. The number of nitrogens with two attached hydrogens (primary N) is 1. The van der Waals surface area contributed by atoms with Crippen LogP contribution >= 0.6 is 0 Å². The van der Waals surface area contributed by atoms with Gasteiger partial charge in [-0.25, -0.2) is 4.79 Å². The molecule has 9 N–H and O–H groups in total. The first kappa shape index (κ1) is 32.1. The van der Waals surface area contributed by atoms with Crippen molar-refractivity contribution in [2.75, 3.05) is 0 Å². The molecule has 0 fully saturated rings. The van der Waals surface area contributed by atoms with Crippen LogP contribution < -0.4 is 21.7 Å². The average molecular weight is 582 g/mol. The number of fused-ring (bicyclic) bond motifs is 1. The molecular weight excluding hydrogens is 542 g/mol. The quantitative estimate of drug-likeness (QED) is 0.137. The number of aromatic nitrogens is 1. The molecule has 1 heterocycles. The molecule has 6 atom stereocenters. The van der Waals surface area contributed by atoms with Crippen LogP contribution in [0.1, 0.15) is 38.3 Å². The second kappa shape index (κ2) is 14.5. The zero-order chi connectivity index (χ0) is 31.0. The normalized spacial score (nSPS) is 15.5. The van der Waals surface area contributed by atoms with Gasteiger partial charge in [0.2, 0.25) is 17.7 Å². The van der Waals surface area contributed by atoms with E-state index in [1.807, 2.05) is 38.1 Å². The Bertz CT molecular complexity index is 1390. The first-order chi connectivity index (χ1) is 19.9. The Morgan fingerprint density at radius 1 is 0.881 bits per heavy atom. The van der Waals surface area contributed by atoms with E-state index in [9.17, 15) is 34.5 Å². The summed E-state index contributed by atoms with van der Waals surface area (Å²) in [7, 11) is 0. The fourth-order valence-corrected chi connectivity index (χ4v) is 4.50. The van der Waals surface area contributed by atoms with Crippen molar-refractivity contribution < 1.29 is 34.5 Å². The zero-order valence-corrected chi connectivity index (χ0v) is 23.8. The molecule has 0 aliphatic carbocycles. The number of aliphatic hydroxyl groups is 1. The molecule has 0 saturated carbocycles. The fourth-order valence-electron chi connectivity index (χ4n) is 4.50. The third-order valence-corrected chi connectivity index (χ3v) is 7.35. The molecule has 12 nitrogen and oxygen atoms in total. The number of benzene rings is 2. The highest BCUT2D eigenvalue weighted by Crippen LogP contribution is 2.19. The van der Waals surface area contributed by atoms with Crippen molar-refractivity contribution in [2.45, 2.75) is 70.3 Å². The van der Waals surface area contributed by atoms with Crippen molar-refractivity contribution in [3.05, 3.63) is 65.9 Å². The number of aliphatic hydroxyl groups excluding tert-OH is 1. The lowest BCUT2D eigenvalue weighted by atomic mass is 9.98. The van der Waals surface area contributed by atoms with E-state index in [-0.39, 0.29) is 24.5 Å². The maximum atomic E-state index is 13.4. The number of aliphatic carboxylic acids is 1. The van der Waals surface area contributed by atoms with Gasteiger partial charge in [0.25, 0.3) is 0 Å². The molecule has 1 aromatic heterocycles. The van der Waals surface area contributed by atoms with Crippen molar-refractivity contribution in [1.82, 2.24) is 20.9 Å². The van der Waals surface area contributed by atoms with Gasteiger partial charge in [0.05, 0.1) is 12.1 Å². The van der Waals surface area contributed by atoms with E-state index in [1.54, 1.807) is 18.3 Å². The van der Waals surface area contributed by atoms with E-state index in [0.717, 1.165) is 10.9 Å². The Kier molecular flexibility index (Phi) is 11.1. The number of carboxylic acid groups (broad SMARTS) is 1. The summed E-state index contributed by atoms with van der Waals surface area (Å²) in [5.41, 5.74) is 8.15. The standard InChI is InChI=1S/C30H39N5O7/c1-4-16(2)25(31)28(39)33-23(13-18-9-11-20(37)12-10-18)27(38)35-26(17(3)36)29(40)34-24(30(41)42)14-19-15-32-22-8-6-5-7-21(19)22/h5-12,15-17,23-26,32,36-37H,4,13-14,31H2,1-3H3,(H,33,39)(H,34,40)(H,35,38)(H,41,42). The van der Waals surface area contributed by atoms with Gasteiger partial charge in [0.1, 0.15) is 23.9 Å². The minimum Gasteiger partial charge on any atom is -0.508 e. The van der Waals surface area contributed by atoms with Crippen molar-refractivity contribution >= 4 is 34.6 Å². The Balaban J connectivity index is 1.78. The maximum absolute atomic E-state index is 13.4. The summed E-state index contributed by atoms with van der Waals surface area (Å²) in [6.07, 6.45) is 0.859. The lowest BCUT2D eigenvalue weighted by molar-refractivity contribution is -0.143. The SMILES string of the molecule is CCC(C)C(N)C(=O)NC(Cc1ccc(O)cc1)C(=O)NC(C(=O)NC(Cc1c[nH]c2ccccc12)C(=O)O)C(C)O. The molecule has 0 aliphatic heterocycles. The molecule has 3 amide bonds. The van der Waals surface area contributed by atoms with Crippen LogP contribution in [0.15, 0.2) is 54.7 Å². The molecule has 3 rings (SSSR count). The highest BCUT2D eigenvalue weighted by Gasteiger charge is 2.33. The van der Waals surface area contributed by atoms with Crippen LogP contribution in [0.2, 0.25) is 0 Å². The third kappa shape index (κ3) is 8.30. The summed E-state index contributed by atoms with van der Waals surface area (Å²) < 4.78 is 0. The summed E-state index contributed by atoms with van der Waals surface area (Å²) >= 11 is 0. The first-order valence-corrected chi connectivity index (χ1v) is 13.8. The number of hydrogen-bond donors (Lipinski definition) is 8. The van der Waals surface area contributed by atoms with E-state index >= 15 is 0 Å². The van der Waals surface area contributed by atoms with Gasteiger partial charge in [-0.3, -0.25) is 14.4 Å². The number of hydrogen-bond acceptors (Lipinski definition) is 7. The Labute approximate surface area is 243 Å². The smallest absolute Gasteiger partial charge is 0.326 e. The van der Waals surface area contributed by atoms with Gasteiger partial charge in [-0.05, 0) is 42.2 Å². The molecule has 12 heteroatoms. The number of amides is 3. The van der Waals surface area contributed by atoms with E-state index in [4.69, 9.17) is 5.73 Å². The third-order valence-electron chi connectivity index (χ3n) is 7.35. The fraction of sp³-hybridized carbons (Fsp3) is 0.400. The van der Waals surface area contributed by atoms with E-state index in [2.05, 4.69) is 20.9 Å². The van der Waals surface area contributed by atoms with Crippen molar-refractivity contribution in [3.8, 4) is 5.75 Å². The molecule has 0 radical (unpaired) electrons. The molecule has 6 unspecified atom stereocenters. The molecule has 0 aliphatic rings. The zero-order valence-electron chi connectivity index (χ0n) is 23.8. The second-order valence-electron chi connectivity index (χ2n) is 10.5. The molecule has 3 aromatic rings. The molecule has 226 valence electrons. The highest BCUT2D eigenvalue weighted by atomic mass is 16.4. The predicted molar refractivity (Wildman–Crippen MR) is 156 cm³/mol. The topological polar surface area (TPSA) is 207 Å². The summed E-state index contributed by atoms with van der Waals surface area (Å²) in [4.78, 5) is 54.6. The van der Waals surface area contributed by atoms with Crippen molar-refractivity contribution in [2.24, 2.45) is 11.7 Å². The van der Waals surface area contributed by atoms with Gasteiger partial charge in [-0.1, -0.05) is 50.6 Å². The summed E-state index contributed by atoms with van der Waals surface area (Å²) in [5.74, 6) is -3.68. The van der Waals surface area contributed by atoms with Crippen LogP contribution in [0.3, 0.4) is 0 Å². The molecule has 0 saturated heterocycles. The predicted octanol–water partition coefficient (Wildman–Crippen LogP) is 0.952. The minimum absolute atomic E-state index is 0.00244. The number of carbonyl (C=O) groups is 4. The van der Waals surface area contributed by atoms with Crippen molar-refractivity contribution in [3.63, 3.8) is 0 Å². The van der Waals surface area contributed by atoms with Crippen LogP contribution in [0.25, 0.3) is 10.9 Å². The first-order valence-electron chi connectivity index (χ1n) is 13.8. The van der Waals surface area contributed by atoms with Crippen LogP contribution in [-0.4, -0.2) is 74.3 Å². The Morgan fingerprint density at radius 3 is 2.14 bits per heavy atom. The van der Waals surface area contributed by atoms with Crippen molar-refractivity contribution in [1.29, 1.82) is 0 Å². The monoisotopic (exact) mass is 581 g/mol. The lowest BCUT2D eigenvalue weighted by Gasteiger charge is -2.27. The number of carboxylic acids is 1. The second-order valence-corrected chi connectivity index (χ2v) is 10.5. The Morgan fingerprint density at radius 2 is 1.52 bits per heavy atom. The molecular formula is C30H39N5O7. The summed E-state index contributed by atoms with van der Waals surface area (Å²) in [5, 5.41) is 38.2. The van der Waals surface area contributed by atoms with Gasteiger partial charge in [-0.2, -0.15) is 0 Å². The van der Waals surface area contributed by atoms with Crippen LogP contribution in [0.5, 0.6) is 5.75 Å². The molecule has 0 spiro atoms. The van der Waals surface area contributed by atoms with Gasteiger partial charge < -0.3 is 42.0 Å². The maximum Gasteiger partial charge on any atom is 0.326 e. The highest BCUT2D eigenvalue weighted by molar-refractivity contribution is 5.95. The summed E-state index contributed by atoms with van der Waals surface area (Å²) in [6, 6.07) is 8.40. The van der Waals surface area contributed by atoms with E-state index < -0.39 is 54.0 Å². The number of aromatic amines is 1. The number of rotatable bonds is 14. The number of phenolic OH excluding ortho intramolecular Hbond substituents is 1. The number of nitrogens with one attached hydrogen (secondary N) is 4.